The van der Waals surface area contributed by atoms with Crippen LogP contribution in [0.1, 0.15) is 42.0 Å². The Kier molecular flexibility index (Phi) is 10.8. The summed E-state index contributed by atoms with van der Waals surface area (Å²) in [7, 11) is -3.86. The van der Waals surface area contributed by atoms with E-state index in [1.165, 1.54) is 17.0 Å². The van der Waals surface area contributed by atoms with Gasteiger partial charge in [-0.25, -0.2) is 12.8 Å². The first-order valence-corrected chi connectivity index (χ1v) is 15.3. The molecule has 0 saturated carbocycles. The fraction of sp³-hybridized carbons (Fsp3) is 0.355. The Bertz CT molecular complexity index is 1380. The van der Waals surface area contributed by atoms with Gasteiger partial charge in [-0.15, -0.1) is 0 Å². The maximum Gasteiger partial charge on any atom is 0.244 e. The van der Waals surface area contributed by atoms with Crippen LogP contribution in [-0.4, -0.2) is 50.5 Å². The maximum absolute atomic E-state index is 14.1. The number of carbonyl (C=O) groups excluding carboxylic acids is 2. The molecule has 3 aromatic rings. The van der Waals surface area contributed by atoms with Gasteiger partial charge in [-0.1, -0.05) is 74.0 Å². The second kappa shape index (κ2) is 14.1. The highest BCUT2D eigenvalue weighted by atomic mass is 32.2. The molecule has 2 amide bonds. The number of halogens is 1. The van der Waals surface area contributed by atoms with Crippen molar-refractivity contribution in [1.82, 2.24) is 10.2 Å². The molecule has 1 N–H and O–H groups in total. The van der Waals surface area contributed by atoms with Crippen molar-refractivity contribution in [3.05, 3.63) is 101 Å². The van der Waals surface area contributed by atoms with Crippen LogP contribution in [0.3, 0.4) is 0 Å². The number of rotatable bonds is 13. The van der Waals surface area contributed by atoms with Crippen molar-refractivity contribution in [3.8, 4) is 0 Å². The van der Waals surface area contributed by atoms with Gasteiger partial charge in [-0.2, -0.15) is 0 Å². The first kappa shape index (κ1) is 30.8. The summed E-state index contributed by atoms with van der Waals surface area (Å²) in [6.07, 6.45) is 2.97. The quantitative estimate of drug-likeness (QED) is 0.302. The topological polar surface area (TPSA) is 86.8 Å². The highest BCUT2D eigenvalue weighted by Gasteiger charge is 2.33. The third-order valence-electron chi connectivity index (χ3n) is 6.73. The molecule has 0 aliphatic rings. The van der Waals surface area contributed by atoms with Gasteiger partial charge in [0.25, 0.3) is 0 Å². The molecule has 0 saturated heterocycles. The molecule has 0 fully saturated rings. The highest BCUT2D eigenvalue weighted by Crippen LogP contribution is 2.27. The monoisotopic (exact) mass is 567 g/mol. The molecule has 1 atom stereocenters. The summed E-state index contributed by atoms with van der Waals surface area (Å²) in [5.74, 6) is -1.28. The molecule has 0 unspecified atom stereocenters. The molecule has 0 radical (unpaired) electrons. The minimum atomic E-state index is -3.86. The Morgan fingerprint density at radius 3 is 2.10 bits per heavy atom. The smallest absolute Gasteiger partial charge is 0.244 e. The lowest BCUT2D eigenvalue weighted by atomic mass is 10.0. The average molecular weight is 568 g/mol. The fourth-order valence-electron chi connectivity index (χ4n) is 4.62. The van der Waals surface area contributed by atoms with Gasteiger partial charge >= 0.3 is 0 Å². The summed E-state index contributed by atoms with van der Waals surface area (Å²) in [5.41, 5.74) is 3.33. The van der Waals surface area contributed by atoms with Crippen molar-refractivity contribution in [3.63, 3.8) is 0 Å². The number of aryl methyl sites for hydroxylation is 2. The molecular formula is C31H38FN3O4S. The lowest BCUT2D eigenvalue weighted by molar-refractivity contribution is -0.140. The van der Waals surface area contributed by atoms with E-state index in [-0.39, 0.29) is 18.9 Å². The van der Waals surface area contributed by atoms with Crippen molar-refractivity contribution in [2.45, 2.75) is 52.6 Å². The van der Waals surface area contributed by atoms with E-state index in [0.29, 0.717) is 28.9 Å². The largest absolute Gasteiger partial charge is 0.354 e. The number of nitrogens with one attached hydrogen (secondary N) is 1. The van der Waals surface area contributed by atoms with E-state index in [1.807, 2.05) is 43.3 Å². The molecule has 3 rings (SSSR count). The van der Waals surface area contributed by atoms with Crippen molar-refractivity contribution in [2.24, 2.45) is 0 Å². The Morgan fingerprint density at radius 2 is 1.52 bits per heavy atom. The maximum atomic E-state index is 14.1. The van der Waals surface area contributed by atoms with E-state index in [2.05, 4.69) is 5.32 Å². The number of amides is 2. The van der Waals surface area contributed by atoms with Crippen LogP contribution in [0.25, 0.3) is 0 Å². The fourth-order valence-corrected chi connectivity index (χ4v) is 5.59. The van der Waals surface area contributed by atoms with Gasteiger partial charge in [-0.05, 0) is 54.7 Å². The summed E-state index contributed by atoms with van der Waals surface area (Å²) in [4.78, 5) is 29.1. The normalized spacial score (nSPS) is 12.0. The first-order valence-electron chi connectivity index (χ1n) is 13.4. The van der Waals surface area contributed by atoms with Gasteiger partial charge < -0.3 is 10.2 Å². The molecule has 0 aliphatic carbocycles. The second-order valence-electron chi connectivity index (χ2n) is 10.0. The van der Waals surface area contributed by atoms with Gasteiger partial charge in [0, 0.05) is 19.5 Å². The number of unbranched alkanes of at least 4 members (excludes halogenated alkanes) is 1. The van der Waals surface area contributed by atoms with Crippen LogP contribution in [0.2, 0.25) is 0 Å². The summed E-state index contributed by atoms with van der Waals surface area (Å²) in [5, 5.41) is 2.94. The summed E-state index contributed by atoms with van der Waals surface area (Å²) >= 11 is 0. The molecule has 7 nitrogen and oxygen atoms in total. The zero-order chi connectivity index (χ0) is 29.3. The molecule has 9 heteroatoms. The number of hydrogen-bond donors (Lipinski definition) is 1. The van der Waals surface area contributed by atoms with Gasteiger partial charge in [0.05, 0.1) is 11.9 Å². The Balaban J connectivity index is 2.06. The number of benzene rings is 3. The van der Waals surface area contributed by atoms with Gasteiger partial charge in [0.1, 0.15) is 18.4 Å². The summed E-state index contributed by atoms with van der Waals surface area (Å²) < 4.78 is 40.8. The zero-order valence-electron chi connectivity index (χ0n) is 23.6. The summed E-state index contributed by atoms with van der Waals surface area (Å²) in [6.45, 7) is 5.57. The van der Waals surface area contributed by atoms with Gasteiger partial charge in [-0.3, -0.25) is 13.9 Å². The van der Waals surface area contributed by atoms with Crippen molar-refractivity contribution < 1.29 is 22.4 Å². The average Bonchev–Trinajstić information content (AvgIpc) is 2.91. The molecule has 0 spiro atoms. The lowest BCUT2D eigenvalue weighted by Crippen LogP contribution is -2.53. The zero-order valence-corrected chi connectivity index (χ0v) is 24.4. The SMILES string of the molecule is CCCCNC(=O)[C@@H](Cc1ccccc1)N(Cc1ccc(F)cc1)C(=O)CN(c1c(C)cccc1C)S(C)(=O)=O. The Morgan fingerprint density at radius 1 is 0.900 bits per heavy atom. The van der Waals surface area contributed by atoms with Crippen LogP contribution in [0.15, 0.2) is 72.8 Å². The van der Waals surface area contributed by atoms with E-state index in [1.54, 1.807) is 38.1 Å². The molecule has 0 heterocycles. The molecule has 0 aliphatic heterocycles. The van der Waals surface area contributed by atoms with Crippen LogP contribution < -0.4 is 9.62 Å². The van der Waals surface area contributed by atoms with Gasteiger partial charge in [0.2, 0.25) is 21.8 Å². The Hall–Kier alpha value is -3.72. The number of hydrogen-bond acceptors (Lipinski definition) is 4. The Labute approximate surface area is 237 Å². The van der Waals surface area contributed by atoms with E-state index < -0.39 is 34.3 Å². The van der Waals surface area contributed by atoms with Crippen LogP contribution in [0.5, 0.6) is 0 Å². The van der Waals surface area contributed by atoms with Crippen LogP contribution in [-0.2, 0) is 32.6 Å². The lowest BCUT2D eigenvalue weighted by Gasteiger charge is -2.34. The number of nitrogens with zero attached hydrogens (tertiary/aromatic N) is 2. The highest BCUT2D eigenvalue weighted by molar-refractivity contribution is 7.92. The minimum absolute atomic E-state index is 0.00215. The molecule has 214 valence electrons. The van der Waals surface area contributed by atoms with E-state index in [9.17, 15) is 22.4 Å². The molecular weight excluding hydrogens is 529 g/mol. The molecule has 40 heavy (non-hydrogen) atoms. The number of para-hydroxylation sites is 1. The standard InChI is InChI=1S/C31H38FN3O4S/c1-5-6-19-33-31(37)28(20-25-13-8-7-9-14-25)34(21-26-15-17-27(32)18-16-26)29(36)22-35(40(4,38)39)30-23(2)11-10-12-24(30)3/h7-18,28H,5-6,19-22H2,1-4H3,(H,33,37)/t28-/m1/s1. The number of carbonyl (C=O) groups is 2. The first-order chi connectivity index (χ1) is 19.0. The van der Waals surface area contributed by atoms with Crippen LogP contribution in [0, 0.1) is 19.7 Å². The number of sulfonamides is 1. The molecule has 3 aromatic carbocycles. The third-order valence-corrected chi connectivity index (χ3v) is 7.85. The van der Waals surface area contributed by atoms with Crippen LogP contribution in [0.4, 0.5) is 10.1 Å². The van der Waals surface area contributed by atoms with Gasteiger partial charge in [0.15, 0.2) is 0 Å². The number of anilines is 1. The second-order valence-corrected chi connectivity index (χ2v) is 11.9. The van der Waals surface area contributed by atoms with Crippen molar-refractivity contribution in [2.75, 3.05) is 23.7 Å². The predicted octanol–water partition coefficient (Wildman–Crippen LogP) is 4.76. The third kappa shape index (κ3) is 8.39. The van der Waals surface area contributed by atoms with Crippen molar-refractivity contribution in [1.29, 1.82) is 0 Å². The van der Waals surface area contributed by atoms with Crippen molar-refractivity contribution >= 4 is 27.5 Å². The van der Waals surface area contributed by atoms with Crippen LogP contribution >= 0.6 is 0 Å². The predicted molar refractivity (Wildman–Crippen MR) is 157 cm³/mol. The minimum Gasteiger partial charge on any atom is -0.354 e. The van der Waals surface area contributed by atoms with E-state index >= 15 is 0 Å². The molecule has 0 aromatic heterocycles. The van der Waals surface area contributed by atoms with E-state index in [4.69, 9.17) is 0 Å². The van der Waals surface area contributed by atoms with E-state index in [0.717, 1.165) is 29.0 Å². The molecule has 0 bridgehead atoms. The summed E-state index contributed by atoms with van der Waals surface area (Å²) in [6, 6.07) is 19.6.